The molecule has 2 N–H and O–H groups in total. The van der Waals surface area contributed by atoms with Crippen LogP contribution in [0.4, 0.5) is 4.39 Å². The molecule has 0 bridgehead atoms. The Morgan fingerprint density at radius 2 is 2.00 bits per heavy atom. The maximum atomic E-state index is 13.1. The van der Waals surface area contributed by atoms with E-state index >= 15 is 0 Å². The molecule has 0 spiro atoms. The highest BCUT2D eigenvalue weighted by molar-refractivity contribution is 7.88. The van der Waals surface area contributed by atoms with Crippen LogP contribution < -0.4 is 10.0 Å². The molecule has 0 aliphatic rings. The lowest BCUT2D eigenvalue weighted by Crippen LogP contribution is -2.50. The van der Waals surface area contributed by atoms with Crippen LogP contribution in [0.2, 0.25) is 5.02 Å². The van der Waals surface area contributed by atoms with E-state index in [4.69, 9.17) is 11.6 Å². The summed E-state index contributed by atoms with van der Waals surface area (Å²) in [4.78, 5) is 0. The fourth-order valence-electron chi connectivity index (χ4n) is 1.85. The number of rotatable bonds is 6. The largest absolute Gasteiger partial charge is 0.308 e. The maximum Gasteiger partial charge on any atom is 0.209 e. The Morgan fingerprint density at radius 1 is 1.40 bits per heavy atom. The Labute approximate surface area is 124 Å². The second-order valence-electron chi connectivity index (χ2n) is 5.53. The first-order valence-electron chi connectivity index (χ1n) is 6.17. The predicted molar refractivity (Wildman–Crippen MR) is 79.9 cm³/mol. The number of sulfonamides is 1. The SMILES string of the molecule is CC(NCC(C)(C)NS(C)(=O)=O)c1ccc(F)c(Cl)c1. The van der Waals surface area contributed by atoms with Gasteiger partial charge in [0.05, 0.1) is 11.3 Å². The van der Waals surface area contributed by atoms with Crippen molar-refractivity contribution in [2.24, 2.45) is 0 Å². The van der Waals surface area contributed by atoms with Gasteiger partial charge in [-0.3, -0.25) is 0 Å². The summed E-state index contributed by atoms with van der Waals surface area (Å²) in [5.74, 6) is -0.457. The van der Waals surface area contributed by atoms with Crippen LogP contribution in [0.25, 0.3) is 0 Å². The van der Waals surface area contributed by atoms with Crippen molar-refractivity contribution in [3.8, 4) is 0 Å². The van der Waals surface area contributed by atoms with E-state index in [-0.39, 0.29) is 11.1 Å². The van der Waals surface area contributed by atoms with E-state index in [9.17, 15) is 12.8 Å². The van der Waals surface area contributed by atoms with Gasteiger partial charge in [-0.1, -0.05) is 17.7 Å². The van der Waals surface area contributed by atoms with Gasteiger partial charge in [0.1, 0.15) is 5.82 Å². The van der Waals surface area contributed by atoms with Gasteiger partial charge in [0.25, 0.3) is 0 Å². The average Bonchev–Trinajstić information content (AvgIpc) is 2.26. The topological polar surface area (TPSA) is 58.2 Å². The first-order chi connectivity index (χ1) is 9.00. The van der Waals surface area contributed by atoms with Gasteiger partial charge in [0.15, 0.2) is 0 Å². The normalized spacial score (nSPS) is 14.3. The van der Waals surface area contributed by atoms with Crippen molar-refractivity contribution in [3.63, 3.8) is 0 Å². The van der Waals surface area contributed by atoms with E-state index in [1.165, 1.54) is 6.07 Å². The average molecular weight is 323 g/mol. The van der Waals surface area contributed by atoms with Crippen LogP contribution in [0.15, 0.2) is 18.2 Å². The van der Waals surface area contributed by atoms with Gasteiger partial charge in [0, 0.05) is 18.1 Å². The number of hydrogen-bond donors (Lipinski definition) is 2. The van der Waals surface area contributed by atoms with E-state index < -0.39 is 21.4 Å². The van der Waals surface area contributed by atoms with E-state index in [1.807, 2.05) is 6.92 Å². The van der Waals surface area contributed by atoms with Crippen LogP contribution in [0.3, 0.4) is 0 Å². The summed E-state index contributed by atoms with van der Waals surface area (Å²) < 4.78 is 38.1. The van der Waals surface area contributed by atoms with Gasteiger partial charge < -0.3 is 5.32 Å². The zero-order chi connectivity index (χ0) is 15.6. The Hall–Kier alpha value is -0.690. The second-order valence-corrected chi connectivity index (χ2v) is 7.69. The molecule has 1 unspecified atom stereocenters. The second kappa shape index (κ2) is 6.39. The standard InChI is InChI=1S/C13H20ClFN2O2S/c1-9(10-5-6-12(15)11(14)7-10)16-8-13(2,3)17-20(4,18)19/h5-7,9,16-17H,8H2,1-4H3. The number of benzene rings is 1. The molecule has 114 valence electrons. The van der Waals surface area contributed by atoms with Crippen molar-refractivity contribution in [2.45, 2.75) is 32.4 Å². The highest BCUT2D eigenvalue weighted by atomic mass is 35.5. The molecule has 0 aliphatic carbocycles. The molecule has 0 aliphatic heterocycles. The van der Waals surface area contributed by atoms with Gasteiger partial charge in [-0.2, -0.15) is 0 Å². The third-order valence-corrected chi connectivity index (χ3v) is 3.97. The van der Waals surface area contributed by atoms with Crippen molar-refractivity contribution < 1.29 is 12.8 Å². The molecule has 0 heterocycles. The van der Waals surface area contributed by atoms with Crippen LogP contribution in [0.1, 0.15) is 32.4 Å². The molecular weight excluding hydrogens is 303 g/mol. The van der Waals surface area contributed by atoms with Gasteiger partial charge >= 0.3 is 0 Å². The fraction of sp³-hybridized carbons (Fsp3) is 0.538. The molecule has 0 saturated heterocycles. The lowest BCUT2D eigenvalue weighted by molar-refractivity contribution is 0.399. The van der Waals surface area contributed by atoms with Crippen molar-refractivity contribution in [1.29, 1.82) is 0 Å². The van der Waals surface area contributed by atoms with Crippen LogP contribution in [0.5, 0.6) is 0 Å². The van der Waals surface area contributed by atoms with Gasteiger partial charge in [-0.15, -0.1) is 0 Å². The Balaban J connectivity index is 2.67. The van der Waals surface area contributed by atoms with Gasteiger partial charge in [-0.05, 0) is 38.5 Å². The number of hydrogen-bond acceptors (Lipinski definition) is 3. The molecule has 0 saturated carbocycles. The lowest BCUT2D eigenvalue weighted by Gasteiger charge is -2.27. The maximum absolute atomic E-state index is 13.1. The lowest BCUT2D eigenvalue weighted by atomic mass is 10.0. The Morgan fingerprint density at radius 3 is 2.50 bits per heavy atom. The smallest absolute Gasteiger partial charge is 0.209 e. The first-order valence-corrected chi connectivity index (χ1v) is 8.44. The van der Waals surface area contributed by atoms with E-state index in [1.54, 1.807) is 26.0 Å². The molecule has 0 aromatic heterocycles. The third kappa shape index (κ3) is 5.75. The summed E-state index contributed by atoms with van der Waals surface area (Å²) in [5.41, 5.74) is 0.220. The van der Waals surface area contributed by atoms with Crippen LogP contribution in [0, 0.1) is 5.82 Å². The van der Waals surface area contributed by atoms with Crippen LogP contribution >= 0.6 is 11.6 Å². The molecule has 0 radical (unpaired) electrons. The molecule has 4 nitrogen and oxygen atoms in total. The van der Waals surface area contributed by atoms with E-state index in [0.717, 1.165) is 11.8 Å². The molecule has 1 rings (SSSR count). The molecule has 7 heteroatoms. The summed E-state index contributed by atoms with van der Waals surface area (Å²) in [5, 5.41) is 3.27. The van der Waals surface area contributed by atoms with Gasteiger partial charge in [-0.25, -0.2) is 17.5 Å². The van der Waals surface area contributed by atoms with Crippen LogP contribution in [-0.2, 0) is 10.0 Å². The van der Waals surface area contributed by atoms with Gasteiger partial charge in [0.2, 0.25) is 10.0 Å². The predicted octanol–water partition coefficient (Wildman–Crippen LogP) is 2.46. The number of nitrogens with one attached hydrogen (secondary N) is 2. The Kier molecular flexibility index (Phi) is 5.54. The molecule has 1 aromatic carbocycles. The monoisotopic (exact) mass is 322 g/mol. The van der Waals surface area contributed by atoms with E-state index in [0.29, 0.717) is 6.54 Å². The third-order valence-electron chi connectivity index (χ3n) is 2.76. The van der Waals surface area contributed by atoms with Crippen molar-refractivity contribution in [3.05, 3.63) is 34.6 Å². The minimum absolute atomic E-state index is 0.0738. The molecule has 1 atom stereocenters. The zero-order valence-corrected chi connectivity index (χ0v) is 13.6. The minimum Gasteiger partial charge on any atom is -0.308 e. The molecular formula is C13H20ClFN2O2S. The molecule has 0 fully saturated rings. The number of halogens is 2. The molecule has 0 amide bonds. The first kappa shape index (κ1) is 17.4. The summed E-state index contributed by atoms with van der Waals surface area (Å²) in [6.07, 6.45) is 1.12. The van der Waals surface area contributed by atoms with Crippen LogP contribution in [-0.4, -0.2) is 26.8 Å². The summed E-state index contributed by atoms with van der Waals surface area (Å²) >= 11 is 5.74. The highest BCUT2D eigenvalue weighted by Crippen LogP contribution is 2.21. The van der Waals surface area contributed by atoms with Crippen molar-refractivity contribution in [1.82, 2.24) is 10.0 Å². The molecule has 1 aromatic rings. The quantitative estimate of drug-likeness (QED) is 0.846. The van der Waals surface area contributed by atoms with Crippen molar-refractivity contribution in [2.75, 3.05) is 12.8 Å². The molecule has 20 heavy (non-hydrogen) atoms. The zero-order valence-electron chi connectivity index (χ0n) is 12.0. The summed E-state index contributed by atoms with van der Waals surface area (Å²) in [7, 11) is -3.27. The van der Waals surface area contributed by atoms with E-state index in [2.05, 4.69) is 10.0 Å². The summed E-state index contributed by atoms with van der Waals surface area (Å²) in [6, 6.07) is 4.45. The summed E-state index contributed by atoms with van der Waals surface area (Å²) in [6.45, 7) is 5.90. The van der Waals surface area contributed by atoms with Crippen molar-refractivity contribution >= 4 is 21.6 Å². The Bertz CT molecular complexity index is 576. The fourth-order valence-corrected chi connectivity index (χ4v) is 3.11. The highest BCUT2D eigenvalue weighted by Gasteiger charge is 2.22. The minimum atomic E-state index is -3.27.